The lowest BCUT2D eigenvalue weighted by Crippen LogP contribution is -2.27. The number of imidazole rings is 1. The maximum Gasteiger partial charge on any atom is 0.270 e. The Morgan fingerprint density at radius 1 is 1.25 bits per heavy atom. The van der Waals surface area contributed by atoms with Gasteiger partial charge in [0.2, 0.25) is 0 Å². The molecule has 0 saturated heterocycles. The fraction of sp³-hybridized carbons (Fsp3) is 0.278. The molecule has 0 spiro atoms. The summed E-state index contributed by atoms with van der Waals surface area (Å²) in [7, 11) is 0. The van der Waals surface area contributed by atoms with E-state index in [1.165, 1.54) is 12.8 Å². The molecule has 2 aromatic heterocycles. The summed E-state index contributed by atoms with van der Waals surface area (Å²) in [5.41, 5.74) is 8.90. The van der Waals surface area contributed by atoms with E-state index in [-0.39, 0.29) is 12.5 Å². The van der Waals surface area contributed by atoms with Crippen LogP contribution in [0.1, 0.15) is 40.8 Å². The Hall–Kier alpha value is -2.73. The van der Waals surface area contributed by atoms with Crippen LogP contribution in [0.3, 0.4) is 0 Å². The minimum atomic E-state index is -0.217. The lowest BCUT2D eigenvalue weighted by Gasteiger charge is -2.10. The molecular formula is C18H19N5O. The minimum Gasteiger partial charge on any atom is -0.343 e. The Morgan fingerprint density at radius 3 is 2.88 bits per heavy atom. The SMILES string of the molecule is NCc1cccnc1C(=O)NCc1nc2ccccc2n1C1CC1. The van der Waals surface area contributed by atoms with Crippen molar-refractivity contribution >= 4 is 16.9 Å². The summed E-state index contributed by atoms with van der Waals surface area (Å²) in [6.07, 6.45) is 3.94. The fourth-order valence-corrected chi connectivity index (χ4v) is 3.01. The van der Waals surface area contributed by atoms with Crippen LogP contribution < -0.4 is 11.1 Å². The van der Waals surface area contributed by atoms with Gasteiger partial charge < -0.3 is 15.6 Å². The van der Waals surface area contributed by atoms with E-state index in [9.17, 15) is 4.79 Å². The van der Waals surface area contributed by atoms with Crippen LogP contribution >= 0.6 is 0 Å². The lowest BCUT2D eigenvalue weighted by atomic mass is 10.2. The largest absolute Gasteiger partial charge is 0.343 e. The molecule has 4 rings (SSSR count). The van der Waals surface area contributed by atoms with Gasteiger partial charge in [-0.15, -0.1) is 0 Å². The van der Waals surface area contributed by atoms with Crippen molar-refractivity contribution in [3.8, 4) is 0 Å². The van der Waals surface area contributed by atoms with E-state index < -0.39 is 0 Å². The molecule has 0 radical (unpaired) electrons. The highest BCUT2D eigenvalue weighted by atomic mass is 16.1. The number of aromatic nitrogens is 3. The van der Waals surface area contributed by atoms with Crippen molar-refractivity contribution in [1.82, 2.24) is 19.9 Å². The van der Waals surface area contributed by atoms with Crippen molar-refractivity contribution < 1.29 is 4.79 Å². The van der Waals surface area contributed by atoms with Crippen molar-refractivity contribution in [3.63, 3.8) is 0 Å². The van der Waals surface area contributed by atoms with Crippen molar-refractivity contribution in [2.45, 2.75) is 32.0 Å². The van der Waals surface area contributed by atoms with Gasteiger partial charge in [0.25, 0.3) is 5.91 Å². The standard InChI is InChI=1S/C18H19N5O/c19-10-12-4-3-9-20-17(12)18(24)21-11-16-22-14-5-1-2-6-15(14)23(16)13-7-8-13/h1-6,9,13H,7-8,10-11,19H2,(H,21,24). The van der Waals surface area contributed by atoms with Crippen molar-refractivity contribution in [1.29, 1.82) is 0 Å². The summed E-state index contributed by atoms with van der Waals surface area (Å²) in [6, 6.07) is 12.2. The first-order valence-electron chi connectivity index (χ1n) is 8.16. The Balaban J connectivity index is 1.59. The van der Waals surface area contributed by atoms with E-state index in [0.717, 1.165) is 22.4 Å². The van der Waals surface area contributed by atoms with Gasteiger partial charge in [-0.3, -0.25) is 9.78 Å². The highest BCUT2D eigenvalue weighted by Gasteiger charge is 2.28. The fourth-order valence-electron chi connectivity index (χ4n) is 3.01. The predicted molar refractivity (Wildman–Crippen MR) is 91.3 cm³/mol. The third kappa shape index (κ3) is 2.65. The van der Waals surface area contributed by atoms with Gasteiger partial charge in [0, 0.05) is 18.8 Å². The minimum absolute atomic E-state index is 0.217. The molecule has 3 N–H and O–H groups in total. The molecule has 1 saturated carbocycles. The van der Waals surface area contributed by atoms with E-state index in [2.05, 4.69) is 25.9 Å². The van der Waals surface area contributed by atoms with Gasteiger partial charge in [-0.05, 0) is 36.6 Å². The third-order valence-electron chi connectivity index (χ3n) is 4.31. The topological polar surface area (TPSA) is 85.8 Å². The number of hydrogen-bond donors (Lipinski definition) is 2. The number of nitrogens with two attached hydrogens (primary N) is 1. The van der Waals surface area contributed by atoms with Crippen molar-refractivity contribution in [3.05, 3.63) is 59.7 Å². The van der Waals surface area contributed by atoms with Gasteiger partial charge in [-0.25, -0.2) is 4.98 Å². The molecule has 6 heteroatoms. The number of rotatable bonds is 5. The molecule has 1 aromatic carbocycles. The zero-order chi connectivity index (χ0) is 16.5. The highest BCUT2D eigenvalue weighted by Crippen LogP contribution is 2.38. The van der Waals surface area contributed by atoms with E-state index in [1.807, 2.05) is 24.3 Å². The predicted octanol–water partition coefficient (Wildman–Crippen LogP) is 2.15. The van der Waals surface area contributed by atoms with E-state index >= 15 is 0 Å². The number of carbonyl (C=O) groups is 1. The zero-order valence-corrected chi connectivity index (χ0v) is 13.3. The van der Waals surface area contributed by atoms with Gasteiger partial charge in [0.05, 0.1) is 17.6 Å². The molecule has 1 amide bonds. The number of nitrogens with zero attached hydrogens (tertiary/aromatic N) is 3. The summed E-state index contributed by atoms with van der Waals surface area (Å²) in [4.78, 5) is 21.3. The van der Waals surface area contributed by atoms with Crippen LogP contribution in [0.15, 0.2) is 42.6 Å². The Labute approximate surface area is 139 Å². The van der Waals surface area contributed by atoms with Crippen LogP contribution in [0.5, 0.6) is 0 Å². The number of fused-ring (bicyclic) bond motifs is 1. The van der Waals surface area contributed by atoms with Crippen molar-refractivity contribution in [2.24, 2.45) is 5.73 Å². The molecule has 0 atom stereocenters. The maximum absolute atomic E-state index is 12.4. The summed E-state index contributed by atoms with van der Waals surface area (Å²) in [6.45, 7) is 0.668. The highest BCUT2D eigenvalue weighted by molar-refractivity contribution is 5.93. The first-order valence-corrected chi connectivity index (χ1v) is 8.16. The third-order valence-corrected chi connectivity index (χ3v) is 4.31. The molecule has 0 unspecified atom stereocenters. The van der Waals surface area contributed by atoms with Crippen LogP contribution in [0, 0.1) is 0 Å². The van der Waals surface area contributed by atoms with Gasteiger partial charge in [-0.1, -0.05) is 18.2 Å². The second-order valence-corrected chi connectivity index (χ2v) is 6.02. The summed E-state index contributed by atoms with van der Waals surface area (Å²) < 4.78 is 2.25. The second kappa shape index (κ2) is 6.05. The van der Waals surface area contributed by atoms with Crippen LogP contribution in [-0.2, 0) is 13.1 Å². The molecule has 2 heterocycles. The quantitative estimate of drug-likeness (QED) is 0.754. The van der Waals surface area contributed by atoms with Gasteiger partial charge in [0.1, 0.15) is 11.5 Å². The van der Waals surface area contributed by atoms with Crippen LogP contribution in [0.2, 0.25) is 0 Å². The smallest absolute Gasteiger partial charge is 0.270 e. The Morgan fingerprint density at radius 2 is 2.08 bits per heavy atom. The Kier molecular flexibility index (Phi) is 3.74. The Bertz CT molecular complexity index is 897. The van der Waals surface area contributed by atoms with E-state index in [1.54, 1.807) is 12.3 Å². The maximum atomic E-state index is 12.4. The first kappa shape index (κ1) is 14.8. The van der Waals surface area contributed by atoms with E-state index in [0.29, 0.717) is 18.3 Å². The number of para-hydroxylation sites is 2. The second-order valence-electron chi connectivity index (χ2n) is 6.02. The average Bonchev–Trinajstić information content (AvgIpc) is 3.39. The number of amides is 1. The van der Waals surface area contributed by atoms with Gasteiger partial charge >= 0.3 is 0 Å². The zero-order valence-electron chi connectivity index (χ0n) is 13.3. The molecular weight excluding hydrogens is 302 g/mol. The number of pyridine rings is 1. The molecule has 24 heavy (non-hydrogen) atoms. The van der Waals surface area contributed by atoms with Gasteiger partial charge in [0.15, 0.2) is 0 Å². The molecule has 3 aromatic rings. The monoisotopic (exact) mass is 321 g/mol. The van der Waals surface area contributed by atoms with Crippen LogP contribution in [-0.4, -0.2) is 20.4 Å². The van der Waals surface area contributed by atoms with Crippen LogP contribution in [0.4, 0.5) is 0 Å². The van der Waals surface area contributed by atoms with Crippen LogP contribution in [0.25, 0.3) is 11.0 Å². The average molecular weight is 321 g/mol. The molecule has 0 aliphatic heterocycles. The molecule has 0 bridgehead atoms. The number of nitrogens with one attached hydrogen (secondary N) is 1. The molecule has 1 aliphatic carbocycles. The summed E-state index contributed by atoms with van der Waals surface area (Å²) in [5, 5.41) is 2.93. The van der Waals surface area contributed by atoms with E-state index in [4.69, 9.17) is 5.73 Å². The molecule has 1 fully saturated rings. The number of hydrogen-bond acceptors (Lipinski definition) is 4. The summed E-state index contributed by atoms with van der Waals surface area (Å²) in [5.74, 6) is 0.669. The number of benzene rings is 1. The molecule has 122 valence electrons. The van der Waals surface area contributed by atoms with Crippen molar-refractivity contribution in [2.75, 3.05) is 0 Å². The number of carbonyl (C=O) groups excluding carboxylic acids is 1. The summed E-state index contributed by atoms with van der Waals surface area (Å²) >= 11 is 0. The molecule has 6 nitrogen and oxygen atoms in total. The normalized spacial score (nSPS) is 14.0. The van der Waals surface area contributed by atoms with Gasteiger partial charge in [-0.2, -0.15) is 0 Å². The first-order chi connectivity index (χ1) is 11.8. The lowest BCUT2D eigenvalue weighted by molar-refractivity contribution is 0.0943. The molecule has 1 aliphatic rings.